The second kappa shape index (κ2) is 4.21. The Hall–Kier alpha value is -1.06. The molecule has 1 aliphatic rings. The second-order valence-corrected chi connectivity index (χ2v) is 4.12. The number of rotatable bonds is 2. The first-order valence-corrected chi connectivity index (χ1v) is 5.30. The van der Waals surface area contributed by atoms with Crippen molar-refractivity contribution in [1.82, 2.24) is 0 Å². The summed E-state index contributed by atoms with van der Waals surface area (Å²) in [7, 11) is 0. The van der Waals surface area contributed by atoms with Crippen LogP contribution in [0.2, 0.25) is 0 Å². The zero-order chi connectivity index (χ0) is 10.8. The van der Waals surface area contributed by atoms with E-state index in [0.29, 0.717) is 13.2 Å². The third-order valence-electron chi connectivity index (χ3n) is 2.44. The molecule has 0 fully saturated rings. The molecule has 0 aliphatic carbocycles. The SMILES string of the molecule is CC(C)Oc1cccc2c1[C@@H](N)COC2. The van der Waals surface area contributed by atoms with E-state index in [1.807, 2.05) is 32.0 Å². The van der Waals surface area contributed by atoms with Gasteiger partial charge < -0.3 is 15.2 Å². The molecule has 2 N–H and O–H groups in total. The summed E-state index contributed by atoms with van der Waals surface area (Å²) in [6.07, 6.45) is 0.173. The van der Waals surface area contributed by atoms with Gasteiger partial charge in [-0.15, -0.1) is 0 Å². The van der Waals surface area contributed by atoms with Gasteiger partial charge in [-0.05, 0) is 25.5 Å². The van der Waals surface area contributed by atoms with Gasteiger partial charge in [-0.1, -0.05) is 12.1 Å². The van der Waals surface area contributed by atoms with Crippen LogP contribution in [-0.4, -0.2) is 12.7 Å². The van der Waals surface area contributed by atoms with Crippen LogP contribution in [0.1, 0.15) is 31.0 Å². The summed E-state index contributed by atoms with van der Waals surface area (Å²) in [4.78, 5) is 0. The summed E-state index contributed by atoms with van der Waals surface area (Å²) >= 11 is 0. The minimum Gasteiger partial charge on any atom is -0.491 e. The van der Waals surface area contributed by atoms with E-state index >= 15 is 0 Å². The van der Waals surface area contributed by atoms with Crippen molar-refractivity contribution >= 4 is 0 Å². The van der Waals surface area contributed by atoms with Gasteiger partial charge in [-0.3, -0.25) is 0 Å². The van der Waals surface area contributed by atoms with Gasteiger partial charge in [0.05, 0.1) is 25.4 Å². The molecule has 0 radical (unpaired) electrons. The van der Waals surface area contributed by atoms with Crippen LogP contribution < -0.4 is 10.5 Å². The third kappa shape index (κ3) is 2.13. The van der Waals surface area contributed by atoms with Crippen molar-refractivity contribution in [3.63, 3.8) is 0 Å². The Labute approximate surface area is 90.2 Å². The predicted octanol–water partition coefficient (Wildman–Crippen LogP) is 2.00. The maximum Gasteiger partial charge on any atom is 0.124 e. The Morgan fingerprint density at radius 3 is 3.00 bits per heavy atom. The summed E-state index contributed by atoms with van der Waals surface area (Å²) in [6.45, 7) is 5.25. The second-order valence-electron chi connectivity index (χ2n) is 4.12. The fourth-order valence-electron chi connectivity index (χ4n) is 1.87. The molecule has 1 aromatic rings. The third-order valence-corrected chi connectivity index (χ3v) is 2.44. The van der Waals surface area contributed by atoms with Gasteiger partial charge in [-0.2, -0.15) is 0 Å². The molecule has 0 spiro atoms. The lowest BCUT2D eigenvalue weighted by atomic mass is 9.98. The average Bonchev–Trinajstić information content (AvgIpc) is 2.17. The Kier molecular flexibility index (Phi) is 2.93. The summed E-state index contributed by atoms with van der Waals surface area (Å²) in [6, 6.07) is 5.94. The van der Waals surface area contributed by atoms with E-state index in [1.54, 1.807) is 0 Å². The molecule has 0 saturated heterocycles. The first-order chi connectivity index (χ1) is 7.18. The minimum absolute atomic E-state index is 0.0660. The van der Waals surface area contributed by atoms with Gasteiger partial charge in [0.15, 0.2) is 0 Å². The maximum absolute atomic E-state index is 6.02. The normalized spacial score (nSPS) is 20.1. The van der Waals surface area contributed by atoms with Crippen LogP contribution in [0.5, 0.6) is 5.75 Å². The molecule has 2 rings (SSSR count). The molecule has 0 amide bonds. The highest BCUT2D eigenvalue weighted by molar-refractivity contribution is 5.43. The standard InChI is InChI=1S/C12H17NO2/c1-8(2)15-11-5-3-4-9-6-14-7-10(13)12(9)11/h3-5,8,10H,6-7,13H2,1-2H3/t10-/m0/s1. The van der Waals surface area contributed by atoms with E-state index in [-0.39, 0.29) is 12.1 Å². The molecule has 0 aromatic heterocycles. The van der Waals surface area contributed by atoms with Gasteiger partial charge in [0.1, 0.15) is 5.75 Å². The molecule has 15 heavy (non-hydrogen) atoms. The van der Waals surface area contributed by atoms with Crippen molar-refractivity contribution < 1.29 is 9.47 Å². The molecular formula is C12H17NO2. The first kappa shape index (κ1) is 10.5. The largest absolute Gasteiger partial charge is 0.491 e. The molecule has 82 valence electrons. The van der Waals surface area contributed by atoms with Crippen molar-refractivity contribution in [2.75, 3.05) is 6.61 Å². The quantitative estimate of drug-likeness (QED) is 0.806. The van der Waals surface area contributed by atoms with Crippen molar-refractivity contribution in [1.29, 1.82) is 0 Å². The molecule has 1 atom stereocenters. The van der Waals surface area contributed by atoms with Crippen molar-refractivity contribution in [2.24, 2.45) is 5.73 Å². The van der Waals surface area contributed by atoms with Crippen LogP contribution in [0.25, 0.3) is 0 Å². The lowest BCUT2D eigenvalue weighted by molar-refractivity contribution is 0.0898. The van der Waals surface area contributed by atoms with Crippen LogP contribution in [0, 0.1) is 0 Å². The van der Waals surface area contributed by atoms with Gasteiger partial charge >= 0.3 is 0 Å². The van der Waals surface area contributed by atoms with Gasteiger partial charge in [0.25, 0.3) is 0 Å². The molecule has 3 heteroatoms. The lowest BCUT2D eigenvalue weighted by Crippen LogP contribution is -2.25. The summed E-state index contributed by atoms with van der Waals surface area (Å²) in [5.74, 6) is 0.901. The van der Waals surface area contributed by atoms with E-state index in [4.69, 9.17) is 15.2 Å². The number of hydrogen-bond acceptors (Lipinski definition) is 3. The predicted molar refractivity (Wildman–Crippen MR) is 58.8 cm³/mol. The average molecular weight is 207 g/mol. The highest BCUT2D eigenvalue weighted by Gasteiger charge is 2.21. The summed E-state index contributed by atoms with van der Waals surface area (Å²) in [5.41, 5.74) is 8.27. The van der Waals surface area contributed by atoms with Crippen molar-refractivity contribution in [3.8, 4) is 5.75 Å². The fraction of sp³-hybridized carbons (Fsp3) is 0.500. The van der Waals surface area contributed by atoms with Crippen molar-refractivity contribution in [3.05, 3.63) is 29.3 Å². The van der Waals surface area contributed by atoms with Crippen molar-refractivity contribution in [2.45, 2.75) is 32.6 Å². The van der Waals surface area contributed by atoms with Crippen LogP contribution in [-0.2, 0) is 11.3 Å². The van der Waals surface area contributed by atoms with Gasteiger partial charge in [0.2, 0.25) is 0 Å². The number of benzene rings is 1. The van der Waals surface area contributed by atoms with Crippen LogP contribution in [0.4, 0.5) is 0 Å². The van der Waals surface area contributed by atoms with Crippen LogP contribution in [0.3, 0.4) is 0 Å². The smallest absolute Gasteiger partial charge is 0.124 e. The summed E-state index contributed by atoms with van der Waals surface area (Å²) < 4.78 is 11.1. The van der Waals surface area contributed by atoms with E-state index in [2.05, 4.69) is 0 Å². The number of fused-ring (bicyclic) bond motifs is 1. The zero-order valence-corrected chi connectivity index (χ0v) is 9.19. The van der Waals surface area contributed by atoms with E-state index < -0.39 is 0 Å². The monoisotopic (exact) mass is 207 g/mol. The first-order valence-electron chi connectivity index (χ1n) is 5.30. The molecule has 0 unspecified atom stereocenters. The maximum atomic E-state index is 6.02. The molecule has 3 nitrogen and oxygen atoms in total. The summed E-state index contributed by atoms with van der Waals surface area (Å²) in [5, 5.41) is 0. The molecule has 1 aromatic carbocycles. The topological polar surface area (TPSA) is 44.5 Å². The van der Waals surface area contributed by atoms with Gasteiger partial charge in [0, 0.05) is 5.56 Å². The van der Waals surface area contributed by atoms with Crippen LogP contribution in [0.15, 0.2) is 18.2 Å². The number of nitrogens with two attached hydrogens (primary N) is 1. The Bertz CT molecular complexity index is 349. The molecule has 1 aliphatic heterocycles. The van der Waals surface area contributed by atoms with E-state index in [9.17, 15) is 0 Å². The molecule has 0 saturated carbocycles. The highest BCUT2D eigenvalue weighted by atomic mass is 16.5. The van der Waals surface area contributed by atoms with Crippen LogP contribution >= 0.6 is 0 Å². The lowest BCUT2D eigenvalue weighted by Gasteiger charge is -2.25. The highest BCUT2D eigenvalue weighted by Crippen LogP contribution is 2.32. The Morgan fingerprint density at radius 1 is 1.47 bits per heavy atom. The Balaban J connectivity index is 2.38. The zero-order valence-electron chi connectivity index (χ0n) is 9.19. The van der Waals surface area contributed by atoms with E-state index in [0.717, 1.165) is 16.9 Å². The fourth-order valence-corrected chi connectivity index (χ4v) is 1.87. The molecule has 1 heterocycles. The van der Waals surface area contributed by atoms with Gasteiger partial charge in [-0.25, -0.2) is 0 Å². The number of ether oxygens (including phenoxy) is 2. The van der Waals surface area contributed by atoms with E-state index in [1.165, 1.54) is 0 Å². The minimum atomic E-state index is -0.0660. The number of hydrogen-bond donors (Lipinski definition) is 1. The molecular weight excluding hydrogens is 190 g/mol. The molecule has 0 bridgehead atoms. The Morgan fingerprint density at radius 2 is 2.27 bits per heavy atom.